The maximum absolute atomic E-state index is 13.7. The van der Waals surface area contributed by atoms with Gasteiger partial charge in [-0.05, 0) is 36.2 Å². The molecule has 0 bridgehead atoms. The summed E-state index contributed by atoms with van der Waals surface area (Å²) in [6.45, 7) is 2.04. The van der Waals surface area contributed by atoms with Crippen LogP contribution in [0.1, 0.15) is 23.0 Å². The molecule has 0 radical (unpaired) electrons. The first-order valence-corrected chi connectivity index (χ1v) is 7.29. The Balaban J connectivity index is 1.80. The van der Waals surface area contributed by atoms with E-state index in [4.69, 9.17) is 4.52 Å². The van der Waals surface area contributed by atoms with Gasteiger partial charge in [0, 0.05) is 11.8 Å². The van der Waals surface area contributed by atoms with Crippen molar-refractivity contribution in [2.45, 2.75) is 13.3 Å². The Hall–Kier alpha value is -2.95. The van der Waals surface area contributed by atoms with Crippen molar-refractivity contribution in [3.8, 4) is 11.3 Å². The van der Waals surface area contributed by atoms with E-state index in [2.05, 4.69) is 10.5 Å². The van der Waals surface area contributed by atoms with Gasteiger partial charge in [-0.3, -0.25) is 4.79 Å². The zero-order valence-electron chi connectivity index (χ0n) is 12.5. The number of anilines is 1. The van der Waals surface area contributed by atoms with Crippen molar-refractivity contribution in [3.63, 3.8) is 0 Å². The normalized spacial score (nSPS) is 10.5. The molecule has 5 heteroatoms. The molecule has 1 aromatic heterocycles. The molecule has 2 aromatic carbocycles. The minimum absolute atomic E-state index is 0.102. The van der Waals surface area contributed by atoms with Crippen LogP contribution in [0.15, 0.2) is 59.1 Å². The third kappa shape index (κ3) is 3.29. The fraction of sp³-hybridized carbons (Fsp3) is 0.111. The van der Waals surface area contributed by atoms with Gasteiger partial charge in [-0.2, -0.15) is 0 Å². The van der Waals surface area contributed by atoms with Gasteiger partial charge in [0.2, 0.25) is 0 Å². The van der Waals surface area contributed by atoms with Crippen LogP contribution in [-0.4, -0.2) is 11.1 Å². The number of amides is 1. The minimum atomic E-state index is -0.425. The number of rotatable bonds is 4. The summed E-state index contributed by atoms with van der Waals surface area (Å²) >= 11 is 0. The van der Waals surface area contributed by atoms with E-state index in [1.807, 2.05) is 25.1 Å². The first kappa shape index (κ1) is 15.0. The third-order valence-corrected chi connectivity index (χ3v) is 3.48. The molecule has 1 N–H and O–H groups in total. The summed E-state index contributed by atoms with van der Waals surface area (Å²) in [5.74, 6) is -0.605. The van der Waals surface area contributed by atoms with Crippen molar-refractivity contribution in [2.75, 3.05) is 5.32 Å². The Kier molecular flexibility index (Phi) is 4.19. The molecule has 0 fully saturated rings. The molecule has 0 atom stereocenters. The predicted molar refractivity (Wildman–Crippen MR) is 85.7 cm³/mol. The van der Waals surface area contributed by atoms with Gasteiger partial charge in [-0.25, -0.2) is 4.39 Å². The Morgan fingerprint density at radius 3 is 2.78 bits per heavy atom. The number of aryl methyl sites for hydroxylation is 1. The summed E-state index contributed by atoms with van der Waals surface area (Å²) in [6, 6.07) is 15.2. The van der Waals surface area contributed by atoms with Gasteiger partial charge in [0.05, 0.1) is 5.56 Å². The standard InChI is InChI=1S/C18H15FN2O2/c1-2-12-6-5-7-13(10-12)20-18(22)16-11-17(23-21-16)14-8-3-4-9-15(14)19/h3-11H,2H2,1H3,(H,20,22). The second kappa shape index (κ2) is 6.44. The predicted octanol–water partition coefficient (Wildman–Crippen LogP) is 4.30. The van der Waals surface area contributed by atoms with Crippen LogP contribution in [0.5, 0.6) is 0 Å². The molecule has 0 aliphatic rings. The molecule has 1 amide bonds. The van der Waals surface area contributed by atoms with Crippen molar-refractivity contribution < 1.29 is 13.7 Å². The Bertz CT molecular complexity index is 842. The van der Waals surface area contributed by atoms with E-state index in [0.29, 0.717) is 5.69 Å². The smallest absolute Gasteiger partial charge is 0.277 e. The number of nitrogens with zero attached hydrogens (tertiary/aromatic N) is 1. The van der Waals surface area contributed by atoms with E-state index in [9.17, 15) is 9.18 Å². The van der Waals surface area contributed by atoms with Crippen LogP contribution < -0.4 is 5.32 Å². The summed E-state index contributed by atoms with van der Waals surface area (Å²) in [7, 11) is 0. The average molecular weight is 310 g/mol. The lowest BCUT2D eigenvalue weighted by atomic mass is 10.1. The molecule has 23 heavy (non-hydrogen) atoms. The van der Waals surface area contributed by atoms with Gasteiger partial charge in [0.25, 0.3) is 5.91 Å². The van der Waals surface area contributed by atoms with Crippen molar-refractivity contribution in [2.24, 2.45) is 0 Å². The topological polar surface area (TPSA) is 55.1 Å². The molecule has 3 aromatic rings. The zero-order chi connectivity index (χ0) is 16.2. The fourth-order valence-electron chi connectivity index (χ4n) is 2.23. The van der Waals surface area contributed by atoms with Gasteiger partial charge >= 0.3 is 0 Å². The highest BCUT2D eigenvalue weighted by molar-refractivity contribution is 6.03. The Labute approximate surface area is 132 Å². The monoisotopic (exact) mass is 310 g/mol. The number of benzene rings is 2. The summed E-state index contributed by atoms with van der Waals surface area (Å²) in [5, 5.41) is 6.48. The van der Waals surface area contributed by atoms with Gasteiger partial charge in [-0.1, -0.05) is 36.3 Å². The molecule has 0 spiro atoms. The number of hydrogen-bond acceptors (Lipinski definition) is 3. The van der Waals surface area contributed by atoms with Crippen molar-refractivity contribution in [1.29, 1.82) is 0 Å². The van der Waals surface area contributed by atoms with E-state index in [-0.39, 0.29) is 17.0 Å². The first-order valence-electron chi connectivity index (χ1n) is 7.29. The molecular weight excluding hydrogens is 295 g/mol. The maximum Gasteiger partial charge on any atom is 0.277 e. The number of nitrogens with one attached hydrogen (secondary N) is 1. The minimum Gasteiger partial charge on any atom is -0.355 e. The first-order chi connectivity index (χ1) is 11.2. The molecule has 0 saturated heterocycles. The Morgan fingerprint density at radius 1 is 1.17 bits per heavy atom. The van der Waals surface area contributed by atoms with Crippen LogP contribution in [0, 0.1) is 5.82 Å². The van der Waals surface area contributed by atoms with Crippen LogP contribution in [0.4, 0.5) is 10.1 Å². The Morgan fingerprint density at radius 2 is 2.00 bits per heavy atom. The fourth-order valence-corrected chi connectivity index (χ4v) is 2.23. The van der Waals surface area contributed by atoms with Crippen molar-refractivity contribution in [3.05, 3.63) is 71.7 Å². The van der Waals surface area contributed by atoms with E-state index in [1.54, 1.807) is 24.3 Å². The van der Waals surface area contributed by atoms with Gasteiger partial charge < -0.3 is 9.84 Å². The average Bonchev–Trinajstić information content (AvgIpc) is 3.05. The number of halogens is 1. The molecule has 0 aliphatic carbocycles. The summed E-state index contributed by atoms with van der Waals surface area (Å²) in [5.41, 5.74) is 2.18. The molecule has 116 valence electrons. The lowest BCUT2D eigenvalue weighted by Crippen LogP contribution is -2.12. The molecule has 0 aliphatic heterocycles. The number of aromatic nitrogens is 1. The van der Waals surface area contributed by atoms with E-state index in [0.717, 1.165) is 12.0 Å². The quantitative estimate of drug-likeness (QED) is 0.782. The molecule has 1 heterocycles. The molecule has 4 nitrogen and oxygen atoms in total. The van der Waals surface area contributed by atoms with E-state index >= 15 is 0 Å². The third-order valence-electron chi connectivity index (χ3n) is 3.48. The largest absolute Gasteiger partial charge is 0.355 e. The number of carbonyl (C=O) groups excluding carboxylic acids is 1. The van der Waals surface area contributed by atoms with Gasteiger partial charge in [-0.15, -0.1) is 0 Å². The maximum atomic E-state index is 13.7. The van der Waals surface area contributed by atoms with Gasteiger partial charge in [0.1, 0.15) is 5.82 Å². The highest BCUT2D eigenvalue weighted by Crippen LogP contribution is 2.23. The molecule has 3 rings (SSSR count). The van der Waals surface area contributed by atoms with E-state index in [1.165, 1.54) is 12.1 Å². The van der Waals surface area contributed by atoms with E-state index < -0.39 is 11.7 Å². The highest BCUT2D eigenvalue weighted by Gasteiger charge is 2.16. The molecular formula is C18H15FN2O2. The zero-order valence-corrected chi connectivity index (χ0v) is 12.5. The van der Waals surface area contributed by atoms with Crippen LogP contribution in [0.2, 0.25) is 0 Å². The SMILES string of the molecule is CCc1cccc(NC(=O)c2cc(-c3ccccc3F)on2)c1. The van der Waals surface area contributed by atoms with Crippen LogP contribution >= 0.6 is 0 Å². The molecule has 0 saturated carbocycles. The van der Waals surface area contributed by atoms with Gasteiger partial charge in [0.15, 0.2) is 11.5 Å². The number of carbonyl (C=O) groups is 1. The molecule has 0 unspecified atom stereocenters. The van der Waals surface area contributed by atoms with Crippen LogP contribution in [-0.2, 0) is 6.42 Å². The van der Waals surface area contributed by atoms with Crippen molar-refractivity contribution in [1.82, 2.24) is 5.16 Å². The second-order valence-electron chi connectivity index (χ2n) is 5.06. The highest BCUT2D eigenvalue weighted by atomic mass is 19.1. The van der Waals surface area contributed by atoms with Crippen LogP contribution in [0.25, 0.3) is 11.3 Å². The second-order valence-corrected chi connectivity index (χ2v) is 5.06. The van der Waals surface area contributed by atoms with Crippen LogP contribution in [0.3, 0.4) is 0 Å². The lowest BCUT2D eigenvalue weighted by Gasteiger charge is -2.04. The lowest BCUT2D eigenvalue weighted by molar-refractivity contribution is 0.101. The number of hydrogen-bond donors (Lipinski definition) is 1. The van der Waals surface area contributed by atoms with Crippen molar-refractivity contribution >= 4 is 11.6 Å². The summed E-state index contributed by atoms with van der Waals surface area (Å²) < 4.78 is 18.8. The summed E-state index contributed by atoms with van der Waals surface area (Å²) in [4.78, 5) is 12.2. The summed E-state index contributed by atoms with van der Waals surface area (Å²) in [6.07, 6.45) is 0.880.